The molecule has 0 spiro atoms. The molecule has 6 atom stereocenters. The number of hydrogen-bond donors (Lipinski definition) is 0. The van der Waals surface area contributed by atoms with Crippen LogP contribution < -0.4 is 4.90 Å². The Labute approximate surface area is 186 Å². The highest BCUT2D eigenvalue weighted by Crippen LogP contribution is 2.55. The molecule has 2 aromatic rings. The third-order valence-corrected chi connectivity index (χ3v) is 7.13. The minimum Gasteiger partial charge on any atom is -0.389 e. The van der Waals surface area contributed by atoms with E-state index in [9.17, 15) is 9.59 Å². The lowest BCUT2D eigenvalue weighted by Crippen LogP contribution is -2.45. The first-order valence-electron chi connectivity index (χ1n) is 9.43. The van der Waals surface area contributed by atoms with Gasteiger partial charge < -0.3 is 9.57 Å². The molecule has 2 aromatic carbocycles. The SMILES string of the molecule is O=C1[C@@H]2[C@@H]3O[C@@H]([C@H]4ON=C(c5ccc(Cl)cc5Cl)[C@H]43)[C@@H]2C(=O)N1c1ccc(Cl)cc1. The highest BCUT2D eigenvalue weighted by molar-refractivity contribution is 6.37. The van der Waals surface area contributed by atoms with E-state index in [-0.39, 0.29) is 17.7 Å². The van der Waals surface area contributed by atoms with Gasteiger partial charge in [0.25, 0.3) is 0 Å². The summed E-state index contributed by atoms with van der Waals surface area (Å²) >= 11 is 18.3. The molecule has 0 unspecified atom stereocenters. The normalized spacial score (nSPS) is 33.6. The van der Waals surface area contributed by atoms with Crippen molar-refractivity contribution in [1.82, 2.24) is 0 Å². The summed E-state index contributed by atoms with van der Waals surface area (Å²) in [4.78, 5) is 33.4. The summed E-state index contributed by atoms with van der Waals surface area (Å²) in [6.07, 6.45) is -1.47. The number of hydrogen-bond acceptors (Lipinski definition) is 5. The molecule has 4 aliphatic rings. The number of oxime groups is 1. The van der Waals surface area contributed by atoms with Crippen LogP contribution in [0.25, 0.3) is 0 Å². The van der Waals surface area contributed by atoms with Crippen LogP contribution in [0, 0.1) is 17.8 Å². The first-order chi connectivity index (χ1) is 14.5. The molecular weight excluding hydrogens is 451 g/mol. The lowest BCUT2D eigenvalue weighted by molar-refractivity contribution is -0.125. The van der Waals surface area contributed by atoms with Crippen molar-refractivity contribution in [3.8, 4) is 0 Å². The lowest BCUT2D eigenvalue weighted by Gasteiger charge is -2.26. The van der Waals surface area contributed by atoms with Gasteiger partial charge in [0.2, 0.25) is 11.8 Å². The summed E-state index contributed by atoms with van der Waals surface area (Å²) < 4.78 is 6.10. The third kappa shape index (κ3) is 2.39. The van der Waals surface area contributed by atoms with Crippen molar-refractivity contribution in [3.63, 3.8) is 0 Å². The van der Waals surface area contributed by atoms with E-state index < -0.39 is 30.1 Å². The molecular formula is C21H13Cl3N2O4. The van der Waals surface area contributed by atoms with Crippen molar-refractivity contribution in [1.29, 1.82) is 0 Å². The second-order valence-electron chi connectivity index (χ2n) is 7.80. The molecule has 0 saturated carbocycles. The van der Waals surface area contributed by atoms with Crippen LogP contribution in [0.15, 0.2) is 47.6 Å². The molecule has 0 aliphatic carbocycles. The number of rotatable bonds is 2. The van der Waals surface area contributed by atoms with E-state index in [2.05, 4.69) is 5.16 Å². The maximum Gasteiger partial charge on any atom is 0.240 e. The van der Waals surface area contributed by atoms with E-state index >= 15 is 0 Å². The quantitative estimate of drug-likeness (QED) is 0.633. The van der Waals surface area contributed by atoms with Crippen LogP contribution >= 0.6 is 34.8 Å². The van der Waals surface area contributed by atoms with E-state index in [1.807, 2.05) is 0 Å². The van der Waals surface area contributed by atoms with Gasteiger partial charge in [0, 0.05) is 15.6 Å². The standard InChI is InChI=1S/C21H13Cl3N2O4/c22-8-1-4-10(5-2-8)26-20(27)13-14(21(26)28)18-19-15(17(13)29-18)16(25-30-19)11-6-3-9(23)7-12(11)24/h1-7,13-15,17-19H/t13-,14+,15-,17-,18+,19-/m0/s1. The van der Waals surface area contributed by atoms with E-state index in [1.54, 1.807) is 42.5 Å². The molecule has 3 saturated heterocycles. The first kappa shape index (κ1) is 18.6. The molecule has 30 heavy (non-hydrogen) atoms. The van der Waals surface area contributed by atoms with Crippen LogP contribution in [-0.4, -0.2) is 35.8 Å². The Kier molecular flexibility index (Phi) is 4.00. The van der Waals surface area contributed by atoms with Gasteiger partial charge in [-0.3, -0.25) is 9.59 Å². The van der Waals surface area contributed by atoms with Crippen molar-refractivity contribution in [3.05, 3.63) is 63.1 Å². The molecule has 9 heteroatoms. The van der Waals surface area contributed by atoms with Gasteiger partial charge in [-0.25, -0.2) is 4.90 Å². The predicted molar refractivity (Wildman–Crippen MR) is 111 cm³/mol. The monoisotopic (exact) mass is 462 g/mol. The average molecular weight is 464 g/mol. The smallest absolute Gasteiger partial charge is 0.240 e. The van der Waals surface area contributed by atoms with Gasteiger partial charge in [0.1, 0.15) is 6.10 Å². The van der Waals surface area contributed by atoms with Crippen molar-refractivity contribution in [2.24, 2.45) is 22.9 Å². The van der Waals surface area contributed by atoms with E-state index in [4.69, 9.17) is 44.4 Å². The fraction of sp³-hybridized carbons (Fsp3) is 0.286. The number of fused-ring (bicyclic) bond motifs is 8. The zero-order valence-electron chi connectivity index (χ0n) is 15.2. The number of amides is 2. The highest BCUT2D eigenvalue weighted by atomic mass is 35.5. The van der Waals surface area contributed by atoms with Gasteiger partial charge in [-0.2, -0.15) is 0 Å². The van der Waals surface area contributed by atoms with E-state index in [0.717, 1.165) is 0 Å². The maximum absolute atomic E-state index is 13.3. The summed E-state index contributed by atoms with van der Waals surface area (Å²) in [6, 6.07) is 11.8. The molecule has 2 amide bonds. The fourth-order valence-electron chi connectivity index (χ4n) is 5.12. The summed E-state index contributed by atoms with van der Waals surface area (Å²) in [5, 5.41) is 5.74. The van der Waals surface area contributed by atoms with E-state index in [1.165, 1.54) is 4.90 Å². The zero-order valence-corrected chi connectivity index (χ0v) is 17.4. The minimum atomic E-state index is -0.588. The Balaban J connectivity index is 1.36. The zero-order chi connectivity index (χ0) is 20.7. The Morgan fingerprint density at radius 2 is 1.47 bits per heavy atom. The number of ether oxygens (including phenoxy) is 1. The van der Waals surface area contributed by atoms with Crippen molar-refractivity contribution in [2.75, 3.05) is 4.90 Å². The summed E-state index contributed by atoms with van der Waals surface area (Å²) in [7, 11) is 0. The van der Waals surface area contributed by atoms with Crippen molar-refractivity contribution >= 4 is 58.0 Å². The Morgan fingerprint density at radius 1 is 0.800 bits per heavy atom. The average Bonchev–Trinajstić information content (AvgIpc) is 3.44. The topological polar surface area (TPSA) is 68.2 Å². The highest BCUT2D eigenvalue weighted by Gasteiger charge is 2.72. The molecule has 4 heterocycles. The second-order valence-corrected chi connectivity index (χ2v) is 9.08. The van der Waals surface area contributed by atoms with Crippen LogP contribution in [0.5, 0.6) is 0 Å². The molecule has 6 nitrogen and oxygen atoms in total. The van der Waals surface area contributed by atoms with Gasteiger partial charge in [-0.05, 0) is 36.4 Å². The molecule has 3 fully saturated rings. The van der Waals surface area contributed by atoms with Crippen LogP contribution in [0.3, 0.4) is 0 Å². The van der Waals surface area contributed by atoms with Gasteiger partial charge in [0.15, 0.2) is 6.10 Å². The Bertz CT molecular complexity index is 1140. The van der Waals surface area contributed by atoms with E-state index in [0.29, 0.717) is 32.0 Å². The van der Waals surface area contributed by atoms with Gasteiger partial charge in [-0.15, -0.1) is 0 Å². The molecule has 0 radical (unpaired) electrons. The number of anilines is 1. The number of carbonyl (C=O) groups is 2. The van der Waals surface area contributed by atoms with Crippen molar-refractivity contribution in [2.45, 2.75) is 18.3 Å². The Morgan fingerprint density at radius 3 is 2.17 bits per heavy atom. The largest absolute Gasteiger partial charge is 0.389 e. The summed E-state index contributed by atoms with van der Waals surface area (Å²) in [5.74, 6) is -2.00. The third-order valence-electron chi connectivity index (χ3n) is 6.33. The van der Waals surface area contributed by atoms with Crippen LogP contribution in [0.1, 0.15) is 5.56 Å². The summed E-state index contributed by atoms with van der Waals surface area (Å²) in [6.45, 7) is 0. The van der Waals surface area contributed by atoms with Crippen LogP contribution in [0.4, 0.5) is 5.69 Å². The van der Waals surface area contributed by atoms with Gasteiger partial charge in [-0.1, -0.05) is 46.0 Å². The Hall–Kier alpha value is -2.12. The molecule has 2 bridgehead atoms. The van der Waals surface area contributed by atoms with Crippen molar-refractivity contribution < 1.29 is 19.2 Å². The number of nitrogens with zero attached hydrogens (tertiary/aromatic N) is 2. The van der Waals surface area contributed by atoms with Crippen LogP contribution in [0.2, 0.25) is 15.1 Å². The summed E-state index contributed by atoms with van der Waals surface area (Å²) in [5.41, 5.74) is 1.81. The fourth-order valence-corrected chi connectivity index (χ4v) is 5.75. The maximum atomic E-state index is 13.3. The molecule has 0 aromatic heterocycles. The first-order valence-corrected chi connectivity index (χ1v) is 10.6. The molecule has 4 aliphatic heterocycles. The number of imide groups is 1. The second kappa shape index (κ2) is 6.44. The molecule has 6 rings (SSSR count). The molecule has 0 N–H and O–H groups in total. The van der Waals surface area contributed by atoms with Gasteiger partial charge >= 0.3 is 0 Å². The minimum absolute atomic E-state index is 0.272. The van der Waals surface area contributed by atoms with Gasteiger partial charge in [0.05, 0.1) is 40.3 Å². The predicted octanol–water partition coefficient (Wildman–Crippen LogP) is 3.95. The number of halogens is 3. The lowest BCUT2D eigenvalue weighted by atomic mass is 9.71. The number of benzene rings is 2. The van der Waals surface area contributed by atoms with Crippen LogP contribution in [-0.2, 0) is 19.2 Å². The molecule has 152 valence electrons. The number of carbonyl (C=O) groups excluding carboxylic acids is 2.